The molecule has 3 rings (SSSR count). The minimum absolute atomic E-state index is 0.233. The van der Waals surface area contributed by atoms with Gasteiger partial charge in [0, 0.05) is 12.6 Å². The molecule has 34 heavy (non-hydrogen) atoms. The van der Waals surface area contributed by atoms with E-state index in [4.69, 9.17) is 14.2 Å². The maximum Gasteiger partial charge on any atom is 0.229 e. The lowest BCUT2D eigenvalue weighted by Gasteiger charge is -2.42. The molecule has 1 fully saturated rings. The predicted molar refractivity (Wildman–Crippen MR) is 123 cm³/mol. The molecule has 0 saturated carbocycles. The van der Waals surface area contributed by atoms with Crippen LogP contribution in [-0.4, -0.2) is 80.3 Å². The molecule has 0 bridgehead atoms. The Morgan fingerprint density at radius 2 is 1.79 bits per heavy atom. The molecule has 5 N–H and O–H groups in total. The summed E-state index contributed by atoms with van der Waals surface area (Å²) in [6.45, 7) is 0.653. The number of hydrogen-bond donors (Lipinski definition) is 5. The van der Waals surface area contributed by atoms with Crippen LogP contribution in [0.1, 0.15) is 6.92 Å². The highest BCUT2D eigenvalue weighted by Gasteiger charge is 2.46. The molecule has 12 heteroatoms. The molecule has 186 valence electrons. The van der Waals surface area contributed by atoms with Crippen molar-refractivity contribution in [2.45, 2.75) is 37.6 Å². The van der Waals surface area contributed by atoms with Crippen molar-refractivity contribution in [1.82, 2.24) is 5.32 Å². The number of ether oxygens (including phenoxy) is 3. The van der Waals surface area contributed by atoms with E-state index in [2.05, 4.69) is 10.0 Å². The Bertz CT molecular complexity index is 1130. The quantitative estimate of drug-likeness (QED) is 0.340. The normalized spacial score (nSPS) is 24.8. The highest BCUT2D eigenvalue weighted by atomic mass is 32.2. The highest BCUT2D eigenvalue weighted by molar-refractivity contribution is 7.92. The average Bonchev–Trinajstić information content (AvgIpc) is 2.77. The summed E-state index contributed by atoms with van der Waals surface area (Å²) in [7, 11) is -2.05. The van der Waals surface area contributed by atoms with Gasteiger partial charge in [0.2, 0.25) is 22.2 Å². The lowest BCUT2D eigenvalue weighted by Crippen LogP contribution is -2.65. The molecule has 1 heterocycles. The van der Waals surface area contributed by atoms with Gasteiger partial charge in [-0.05, 0) is 29.8 Å². The Kier molecular flexibility index (Phi) is 8.00. The number of anilines is 1. The molecular formula is C22H28N2O9S. The van der Waals surface area contributed by atoms with Crippen molar-refractivity contribution in [3.05, 3.63) is 42.5 Å². The molecule has 1 aliphatic rings. The van der Waals surface area contributed by atoms with Gasteiger partial charge in [0.1, 0.15) is 35.9 Å². The van der Waals surface area contributed by atoms with Gasteiger partial charge in [0.25, 0.3) is 0 Å². The second-order valence-corrected chi connectivity index (χ2v) is 9.59. The first-order valence-corrected chi connectivity index (χ1v) is 12.2. The van der Waals surface area contributed by atoms with Crippen molar-refractivity contribution in [1.29, 1.82) is 0 Å². The van der Waals surface area contributed by atoms with Crippen LogP contribution in [0.4, 0.5) is 5.69 Å². The number of methoxy groups -OCH3 is 1. The Labute approximate surface area is 197 Å². The maximum absolute atomic E-state index is 11.7. The zero-order valence-electron chi connectivity index (χ0n) is 18.8. The van der Waals surface area contributed by atoms with E-state index >= 15 is 0 Å². The zero-order valence-corrected chi connectivity index (χ0v) is 19.7. The number of amides is 1. The van der Waals surface area contributed by atoms with Gasteiger partial charge < -0.3 is 34.8 Å². The summed E-state index contributed by atoms with van der Waals surface area (Å²) in [5, 5.41) is 32.8. The molecule has 2 aromatic carbocycles. The van der Waals surface area contributed by atoms with E-state index in [1.165, 1.54) is 14.0 Å². The van der Waals surface area contributed by atoms with Gasteiger partial charge in [-0.15, -0.1) is 0 Å². The van der Waals surface area contributed by atoms with Gasteiger partial charge in [-0.25, -0.2) is 8.42 Å². The van der Waals surface area contributed by atoms with Gasteiger partial charge >= 0.3 is 0 Å². The van der Waals surface area contributed by atoms with E-state index in [-0.39, 0.29) is 5.75 Å². The number of carbonyl (C=O) groups is 1. The number of nitrogens with one attached hydrogen (secondary N) is 2. The minimum atomic E-state index is -3.51. The fourth-order valence-electron chi connectivity index (χ4n) is 3.71. The lowest BCUT2D eigenvalue weighted by molar-refractivity contribution is -0.244. The standard InChI is InChI=1S/C22H28N2O9S/c1-12(26)23-19-21(28)20(27)17(11-25)33-22(19)32-16-9-5-8-15(31-2)18(16)13-6-4-7-14(10-13)24-34(3,29)30/h4-10,17,19-22,24-25,27-28H,11H2,1-3H3,(H,23,26)/t17?,19?,20-,21+,22+/m0/s1. The maximum atomic E-state index is 11.7. The number of aliphatic hydroxyl groups excluding tert-OH is 3. The van der Waals surface area contributed by atoms with Gasteiger partial charge in [-0.3, -0.25) is 9.52 Å². The van der Waals surface area contributed by atoms with E-state index in [9.17, 15) is 28.5 Å². The Morgan fingerprint density at radius 1 is 1.12 bits per heavy atom. The zero-order chi connectivity index (χ0) is 25.0. The summed E-state index contributed by atoms with van der Waals surface area (Å²) >= 11 is 0. The van der Waals surface area contributed by atoms with Crippen molar-refractivity contribution in [3.8, 4) is 22.6 Å². The van der Waals surface area contributed by atoms with Crippen LogP contribution < -0.4 is 19.5 Å². The molecule has 11 nitrogen and oxygen atoms in total. The van der Waals surface area contributed by atoms with Gasteiger partial charge in [-0.1, -0.05) is 18.2 Å². The van der Waals surface area contributed by atoms with Crippen molar-refractivity contribution >= 4 is 21.6 Å². The van der Waals surface area contributed by atoms with E-state index in [0.717, 1.165) is 6.26 Å². The van der Waals surface area contributed by atoms with E-state index in [1.807, 2.05) is 0 Å². The van der Waals surface area contributed by atoms with Crippen LogP contribution in [0, 0.1) is 0 Å². The molecule has 1 amide bonds. The summed E-state index contributed by atoms with van der Waals surface area (Å²) < 4.78 is 42.9. The third-order valence-electron chi connectivity index (χ3n) is 5.16. The van der Waals surface area contributed by atoms with Crippen LogP contribution in [0.5, 0.6) is 11.5 Å². The fraction of sp³-hybridized carbons (Fsp3) is 0.409. The summed E-state index contributed by atoms with van der Waals surface area (Å²) in [5.74, 6) is 0.151. The highest BCUT2D eigenvalue weighted by Crippen LogP contribution is 2.40. The third-order valence-corrected chi connectivity index (χ3v) is 5.76. The van der Waals surface area contributed by atoms with Crippen LogP contribution in [0.2, 0.25) is 0 Å². The minimum Gasteiger partial charge on any atom is -0.496 e. The molecule has 0 radical (unpaired) electrons. The molecule has 0 spiro atoms. The molecule has 1 aliphatic heterocycles. The Morgan fingerprint density at radius 3 is 2.41 bits per heavy atom. The smallest absolute Gasteiger partial charge is 0.229 e. The van der Waals surface area contributed by atoms with Crippen LogP contribution in [-0.2, 0) is 19.6 Å². The average molecular weight is 497 g/mol. The number of benzene rings is 2. The number of sulfonamides is 1. The number of carbonyl (C=O) groups excluding carboxylic acids is 1. The van der Waals surface area contributed by atoms with E-state index in [0.29, 0.717) is 22.6 Å². The molecular weight excluding hydrogens is 468 g/mol. The van der Waals surface area contributed by atoms with Gasteiger partial charge in [0.15, 0.2) is 0 Å². The van der Waals surface area contributed by atoms with E-state index in [1.54, 1.807) is 42.5 Å². The van der Waals surface area contributed by atoms with Crippen molar-refractivity contribution in [2.75, 3.05) is 24.7 Å². The lowest BCUT2D eigenvalue weighted by atomic mass is 9.96. The van der Waals surface area contributed by atoms with Crippen LogP contribution in [0.25, 0.3) is 11.1 Å². The predicted octanol–water partition coefficient (Wildman–Crippen LogP) is 0.0562. The van der Waals surface area contributed by atoms with Crippen molar-refractivity contribution in [3.63, 3.8) is 0 Å². The molecule has 0 aliphatic carbocycles. The number of hydrogen-bond acceptors (Lipinski definition) is 9. The second-order valence-electron chi connectivity index (χ2n) is 7.84. The summed E-state index contributed by atoms with van der Waals surface area (Å²) in [6.07, 6.45) is -4.32. The third kappa shape index (κ3) is 5.96. The van der Waals surface area contributed by atoms with Gasteiger partial charge in [0.05, 0.1) is 25.5 Å². The number of aliphatic hydroxyl groups is 3. The largest absolute Gasteiger partial charge is 0.496 e. The van der Waals surface area contributed by atoms with Crippen LogP contribution in [0.3, 0.4) is 0 Å². The monoisotopic (exact) mass is 496 g/mol. The summed E-state index contributed by atoms with van der Waals surface area (Å²) in [5.41, 5.74) is 1.32. The first-order chi connectivity index (χ1) is 16.0. The number of rotatable bonds is 8. The summed E-state index contributed by atoms with van der Waals surface area (Å²) in [6, 6.07) is 10.3. The summed E-state index contributed by atoms with van der Waals surface area (Å²) in [4.78, 5) is 11.7. The first kappa shape index (κ1) is 25.7. The van der Waals surface area contributed by atoms with Crippen LogP contribution in [0.15, 0.2) is 42.5 Å². The van der Waals surface area contributed by atoms with Crippen molar-refractivity contribution in [2.24, 2.45) is 0 Å². The second kappa shape index (κ2) is 10.6. The first-order valence-electron chi connectivity index (χ1n) is 10.4. The topological polar surface area (TPSA) is 164 Å². The SMILES string of the molecule is COc1cccc(O[C@@H]2OC(CO)[C@H](O)[C@H](O)C2NC(C)=O)c1-c1cccc(NS(C)(=O)=O)c1. The van der Waals surface area contributed by atoms with Crippen molar-refractivity contribution < 1.29 is 42.7 Å². The molecule has 2 unspecified atom stereocenters. The Hall–Kier alpha value is -2.90. The molecule has 1 saturated heterocycles. The molecule has 0 aromatic heterocycles. The van der Waals surface area contributed by atoms with Crippen LogP contribution >= 0.6 is 0 Å². The Balaban J connectivity index is 2.04. The molecule has 2 aromatic rings. The fourth-order valence-corrected chi connectivity index (χ4v) is 4.27. The van der Waals surface area contributed by atoms with E-state index < -0.39 is 53.2 Å². The molecule has 5 atom stereocenters. The van der Waals surface area contributed by atoms with Gasteiger partial charge in [-0.2, -0.15) is 0 Å².